The number of rotatable bonds is 4. The Kier molecular flexibility index (Phi) is 3.03. The van der Waals surface area contributed by atoms with Gasteiger partial charge in [-0.1, -0.05) is 28.9 Å². The molecule has 6 heteroatoms. The minimum atomic E-state index is -0.435. The molecular formula is C13H13ClFN3O. The molecule has 3 rings (SSSR count). The standard InChI is InChI=1S/C13H13ClFN3O/c14-9-3-1-2-8(11(9)15)6-10-17-12(19-18-10)13(7-16)4-5-13/h1-3H,4-7,16H2. The predicted octanol–water partition coefficient (Wildman–Crippen LogP) is 2.44. The molecule has 1 aromatic heterocycles. The molecule has 1 saturated carbocycles. The fraction of sp³-hybridized carbons (Fsp3) is 0.385. The lowest BCUT2D eigenvalue weighted by atomic mass is 10.1. The fourth-order valence-corrected chi connectivity index (χ4v) is 2.25. The van der Waals surface area contributed by atoms with Crippen molar-refractivity contribution in [3.05, 3.63) is 46.3 Å². The van der Waals surface area contributed by atoms with Gasteiger partial charge in [-0.3, -0.25) is 0 Å². The first-order chi connectivity index (χ1) is 9.14. The van der Waals surface area contributed by atoms with Gasteiger partial charge in [0.05, 0.1) is 10.4 Å². The van der Waals surface area contributed by atoms with Gasteiger partial charge in [0.15, 0.2) is 5.82 Å². The van der Waals surface area contributed by atoms with Gasteiger partial charge in [-0.05, 0) is 24.5 Å². The molecule has 100 valence electrons. The van der Waals surface area contributed by atoms with Crippen LogP contribution in [0.1, 0.15) is 30.1 Å². The second-order valence-corrected chi connectivity index (χ2v) is 5.30. The molecule has 1 heterocycles. The summed E-state index contributed by atoms with van der Waals surface area (Å²) in [6.45, 7) is 0.500. The fourth-order valence-electron chi connectivity index (χ4n) is 2.05. The molecule has 0 aliphatic heterocycles. The second kappa shape index (κ2) is 4.58. The Morgan fingerprint density at radius 1 is 1.42 bits per heavy atom. The van der Waals surface area contributed by atoms with Crippen molar-refractivity contribution in [2.24, 2.45) is 5.73 Å². The molecule has 0 bridgehead atoms. The van der Waals surface area contributed by atoms with Gasteiger partial charge in [0.1, 0.15) is 5.82 Å². The minimum absolute atomic E-state index is 0.0989. The summed E-state index contributed by atoms with van der Waals surface area (Å²) in [5.74, 6) is 0.582. The highest BCUT2D eigenvalue weighted by Gasteiger charge is 2.48. The number of nitrogens with two attached hydrogens (primary N) is 1. The van der Waals surface area contributed by atoms with E-state index in [1.807, 2.05) is 0 Å². The van der Waals surface area contributed by atoms with Crippen LogP contribution in [0.5, 0.6) is 0 Å². The zero-order chi connectivity index (χ0) is 13.5. The summed E-state index contributed by atoms with van der Waals surface area (Å²) >= 11 is 5.73. The Hall–Kier alpha value is -1.46. The molecule has 2 N–H and O–H groups in total. The molecule has 0 saturated heterocycles. The monoisotopic (exact) mass is 281 g/mol. The van der Waals surface area contributed by atoms with E-state index < -0.39 is 5.82 Å². The summed E-state index contributed by atoms with van der Waals surface area (Å²) in [6, 6.07) is 4.87. The maximum absolute atomic E-state index is 13.8. The summed E-state index contributed by atoms with van der Waals surface area (Å²) in [6.07, 6.45) is 2.20. The molecule has 1 fully saturated rings. The third-order valence-electron chi connectivity index (χ3n) is 3.55. The Labute approximate surface area is 114 Å². The van der Waals surface area contributed by atoms with Gasteiger partial charge >= 0.3 is 0 Å². The topological polar surface area (TPSA) is 64.9 Å². The van der Waals surface area contributed by atoms with Crippen LogP contribution >= 0.6 is 11.6 Å². The maximum Gasteiger partial charge on any atom is 0.234 e. The van der Waals surface area contributed by atoms with E-state index in [9.17, 15) is 4.39 Å². The largest absolute Gasteiger partial charge is 0.339 e. The molecule has 1 aliphatic carbocycles. The number of benzene rings is 1. The van der Waals surface area contributed by atoms with Crippen molar-refractivity contribution in [1.82, 2.24) is 10.1 Å². The molecule has 19 heavy (non-hydrogen) atoms. The van der Waals surface area contributed by atoms with Crippen LogP contribution in [0.4, 0.5) is 4.39 Å². The third kappa shape index (κ3) is 2.24. The minimum Gasteiger partial charge on any atom is -0.339 e. The Bertz CT molecular complexity index is 610. The molecule has 1 aliphatic rings. The summed E-state index contributed by atoms with van der Waals surface area (Å²) in [4.78, 5) is 4.31. The smallest absolute Gasteiger partial charge is 0.234 e. The van der Waals surface area contributed by atoms with Crippen molar-refractivity contribution in [3.8, 4) is 0 Å². The van der Waals surface area contributed by atoms with E-state index >= 15 is 0 Å². The lowest BCUT2D eigenvalue weighted by molar-refractivity contribution is 0.344. The molecule has 0 radical (unpaired) electrons. The van der Waals surface area contributed by atoms with Crippen LogP contribution in [0.3, 0.4) is 0 Å². The number of nitrogens with zero attached hydrogens (tertiary/aromatic N) is 2. The van der Waals surface area contributed by atoms with Gasteiger partial charge < -0.3 is 10.3 Å². The van der Waals surface area contributed by atoms with Gasteiger partial charge in [0.25, 0.3) is 0 Å². The van der Waals surface area contributed by atoms with Crippen molar-refractivity contribution in [2.75, 3.05) is 6.54 Å². The molecule has 0 atom stereocenters. The van der Waals surface area contributed by atoms with Crippen molar-refractivity contribution in [2.45, 2.75) is 24.7 Å². The zero-order valence-electron chi connectivity index (χ0n) is 10.2. The number of hydrogen-bond acceptors (Lipinski definition) is 4. The highest BCUT2D eigenvalue weighted by Crippen LogP contribution is 2.46. The SMILES string of the molecule is NCC1(c2nc(Cc3cccc(Cl)c3F)no2)CC1. The van der Waals surface area contributed by atoms with Crippen LogP contribution in [0.25, 0.3) is 0 Å². The lowest BCUT2D eigenvalue weighted by Gasteiger charge is -2.03. The van der Waals surface area contributed by atoms with Gasteiger partial charge in [0.2, 0.25) is 5.89 Å². The van der Waals surface area contributed by atoms with E-state index in [1.165, 1.54) is 6.07 Å². The summed E-state index contributed by atoms with van der Waals surface area (Å²) < 4.78 is 19.0. The van der Waals surface area contributed by atoms with Crippen molar-refractivity contribution in [1.29, 1.82) is 0 Å². The average molecular weight is 282 g/mol. The first-order valence-electron chi connectivity index (χ1n) is 6.11. The highest BCUT2D eigenvalue weighted by atomic mass is 35.5. The molecule has 1 aromatic carbocycles. The van der Waals surface area contributed by atoms with E-state index in [1.54, 1.807) is 12.1 Å². The first kappa shape index (κ1) is 12.6. The summed E-state index contributed by atoms with van der Waals surface area (Å²) in [5, 5.41) is 3.98. The van der Waals surface area contributed by atoms with Crippen LogP contribution in [0.2, 0.25) is 5.02 Å². The van der Waals surface area contributed by atoms with Gasteiger partial charge in [0, 0.05) is 13.0 Å². The molecule has 2 aromatic rings. The van der Waals surface area contributed by atoms with Crippen LogP contribution in [0.15, 0.2) is 22.7 Å². The van der Waals surface area contributed by atoms with Crippen molar-refractivity contribution < 1.29 is 8.91 Å². The van der Waals surface area contributed by atoms with Crippen LogP contribution in [0, 0.1) is 5.82 Å². The predicted molar refractivity (Wildman–Crippen MR) is 68.5 cm³/mol. The second-order valence-electron chi connectivity index (χ2n) is 4.89. The Morgan fingerprint density at radius 2 is 2.21 bits per heavy atom. The number of halogens is 2. The zero-order valence-corrected chi connectivity index (χ0v) is 11.0. The summed E-state index contributed by atoms with van der Waals surface area (Å²) in [7, 11) is 0. The lowest BCUT2D eigenvalue weighted by Crippen LogP contribution is -2.20. The Morgan fingerprint density at radius 3 is 2.89 bits per heavy atom. The Balaban J connectivity index is 1.83. The highest BCUT2D eigenvalue weighted by molar-refractivity contribution is 6.30. The third-order valence-corrected chi connectivity index (χ3v) is 3.84. The maximum atomic E-state index is 13.8. The van der Waals surface area contributed by atoms with Crippen LogP contribution < -0.4 is 5.73 Å². The van der Waals surface area contributed by atoms with E-state index in [4.69, 9.17) is 21.9 Å². The average Bonchev–Trinajstić information content (AvgIpc) is 3.08. The summed E-state index contributed by atoms with van der Waals surface area (Å²) in [5.41, 5.74) is 6.02. The van der Waals surface area contributed by atoms with E-state index in [2.05, 4.69) is 10.1 Å². The molecule has 4 nitrogen and oxygen atoms in total. The first-order valence-corrected chi connectivity index (χ1v) is 6.48. The normalized spacial score (nSPS) is 16.6. The number of hydrogen-bond donors (Lipinski definition) is 1. The van der Waals surface area contributed by atoms with Crippen molar-refractivity contribution >= 4 is 11.6 Å². The van der Waals surface area contributed by atoms with E-state index in [0.717, 1.165) is 12.8 Å². The molecule has 0 unspecified atom stereocenters. The van der Waals surface area contributed by atoms with Gasteiger partial charge in [-0.2, -0.15) is 4.98 Å². The molecule has 0 amide bonds. The van der Waals surface area contributed by atoms with Crippen LogP contribution in [-0.4, -0.2) is 16.7 Å². The van der Waals surface area contributed by atoms with E-state index in [-0.39, 0.29) is 16.9 Å². The van der Waals surface area contributed by atoms with E-state index in [0.29, 0.717) is 23.8 Å². The van der Waals surface area contributed by atoms with Gasteiger partial charge in [-0.15, -0.1) is 0 Å². The van der Waals surface area contributed by atoms with Gasteiger partial charge in [-0.25, -0.2) is 4.39 Å². The quantitative estimate of drug-likeness (QED) is 0.935. The molecular weight excluding hydrogens is 269 g/mol. The number of aromatic nitrogens is 2. The van der Waals surface area contributed by atoms with Crippen LogP contribution in [-0.2, 0) is 11.8 Å². The molecule has 0 spiro atoms. The van der Waals surface area contributed by atoms with Crippen molar-refractivity contribution in [3.63, 3.8) is 0 Å².